The third kappa shape index (κ3) is 5.64. The average molecular weight is 307 g/mol. The maximum atomic E-state index is 8.54. The summed E-state index contributed by atoms with van der Waals surface area (Å²) in [6.07, 6.45) is 0. The van der Waals surface area contributed by atoms with Crippen LogP contribution in [0.5, 0.6) is 0 Å². The molecule has 1 aromatic carbocycles. The molecule has 0 aliphatic rings. The summed E-state index contributed by atoms with van der Waals surface area (Å²) < 4.78 is 17.1. The van der Waals surface area contributed by atoms with Crippen molar-refractivity contribution < 1.29 is 25.3 Å². The first-order chi connectivity index (χ1) is 4.81. The second-order valence-electron chi connectivity index (χ2n) is 1.65. The van der Waals surface area contributed by atoms with Gasteiger partial charge in [-0.3, -0.25) is 0 Å². The fraction of sp³-hybridized carbons (Fsp3) is 0.143. The Morgan fingerprint density at radius 1 is 1.30 bits per heavy atom. The third-order valence-electron chi connectivity index (χ3n) is 0.885. The molecule has 2 nitrogen and oxygen atoms in total. The van der Waals surface area contributed by atoms with Crippen LogP contribution >= 0.6 is 0 Å². The molecule has 0 atom stereocenters. The molecular formula is C7H7O2W-. The molecular weight excluding hydrogens is 300 g/mol. The molecule has 1 aromatic rings. The first-order valence-corrected chi connectivity index (χ1v) is 5.05. The Morgan fingerprint density at radius 3 is 1.90 bits per heavy atom. The second kappa shape index (κ2) is 6.63. The Hall–Kier alpha value is -0.492. The van der Waals surface area contributed by atoms with Gasteiger partial charge < -0.3 is 0 Å². The van der Waals surface area contributed by atoms with Gasteiger partial charge in [0.15, 0.2) is 0 Å². The van der Waals surface area contributed by atoms with E-state index in [0.717, 1.165) is 0 Å². The predicted molar refractivity (Wildman–Crippen MR) is 31.4 cm³/mol. The summed E-state index contributed by atoms with van der Waals surface area (Å²) in [5.74, 6) is 0. The van der Waals surface area contributed by atoms with E-state index in [1.165, 1.54) is 5.56 Å². The van der Waals surface area contributed by atoms with Crippen molar-refractivity contribution in [3.05, 3.63) is 35.9 Å². The number of hydrogen-bond donors (Lipinski definition) is 0. The number of rotatable bonds is 0. The minimum absolute atomic E-state index is 1.29. The summed E-state index contributed by atoms with van der Waals surface area (Å²) in [5, 5.41) is 0. The van der Waals surface area contributed by atoms with Crippen molar-refractivity contribution in [2.45, 2.75) is 6.92 Å². The molecule has 0 aromatic heterocycles. The van der Waals surface area contributed by atoms with E-state index in [9.17, 15) is 0 Å². The predicted octanol–water partition coefficient (Wildman–Crippen LogP) is 1.56. The molecule has 1 rings (SSSR count). The van der Waals surface area contributed by atoms with Gasteiger partial charge in [0.25, 0.3) is 0 Å². The molecule has 0 radical (unpaired) electrons. The van der Waals surface area contributed by atoms with Crippen LogP contribution in [0, 0.1) is 13.0 Å². The van der Waals surface area contributed by atoms with Crippen LogP contribution in [-0.2, 0) is 25.3 Å². The first kappa shape index (κ1) is 9.51. The average Bonchev–Trinajstić information content (AvgIpc) is 1.91. The monoisotopic (exact) mass is 307 g/mol. The standard InChI is InChI=1S/C7H7.2O.W/c1-7-5-3-2-4-6-7;;;/h3-6H,1H3;;;/q-1;;;. The number of aryl methyl sites for hydroxylation is 1. The van der Waals surface area contributed by atoms with Crippen LogP contribution in [0.15, 0.2) is 24.3 Å². The Kier molecular flexibility index (Phi) is 6.30. The van der Waals surface area contributed by atoms with Gasteiger partial charge in [-0.2, -0.15) is 35.9 Å². The zero-order valence-corrected chi connectivity index (χ0v) is 8.47. The van der Waals surface area contributed by atoms with Crippen molar-refractivity contribution in [3.8, 4) is 0 Å². The molecule has 0 unspecified atom stereocenters. The topological polar surface area (TPSA) is 34.1 Å². The maximum absolute atomic E-state index is 8.54. The Labute approximate surface area is 68.4 Å². The summed E-state index contributed by atoms with van der Waals surface area (Å²) in [5.41, 5.74) is 1.29. The molecule has 0 spiro atoms. The molecule has 0 heterocycles. The molecule has 10 heavy (non-hydrogen) atoms. The van der Waals surface area contributed by atoms with Crippen LogP contribution in [-0.4, -0.2) is 0 Å². The van der Waals surface area contributed by atoms with Gasteiger partial charge >= 0.3 is 25.3 Å². The number of hydrogen-bond acceptors (Lipinski definition) is 2. The zero-order valence-electron chi connectivity index (χ0n) is 5.53. The van der Waals surface area contributed by atoms with E-state index in [-0.39, 0.29) is 0 Å². The van der Waals surface area contributed by atoms with Gasteiger partial charge in [-0.05, 0) is 0 Å². The van der Waals surface area contributed by atoms with Gasteiger partial charge in [0.05, 0.1) is 0 Å². The third-order valence-corrected chi connectivity index (χ3v) is 0.885. The SMILES string of the molecule is Cc1cc[c-]cc1.[O]=[W]=[O]. The zero-order chi connectivity index (χ0) is 7.82. The second-order valence-corrected chi connectivity index (χ2v) is 2.13. The summed E-state index contributed by atoms with van der Waals surface area (Å²) >= 11 is -2.25. The van der Waals surface area contributed by atoms with Crippen molar-refractivity contribution in [1.82, 2.24) is 0 Å². The first-order valence-electron chi connectivity index (χ1n) is 2.65. The summed E-state index contributed by atoms with van der Waals surface area (Å²) in [6, 6.07) is 10.8. The quantitative estimate of drug-likeness (QED) is 0.682. The van der Waals surface area contributed by atoms with Crippen molar-refractivity contribution in [2.24, 2.45) is 0 Å². The van der Waals surface area contributed by atoms with Gasteiger partial charge in [-0.25, -0.2) is 0 Å². The van der Waals surface area contributed by atoms with Crippen LogP contribution < -0.4 is 0 Å². The van der Waals surface area contributed by atoms with E-state index in [1.54, 1.807) is 0 Å². The van der Waals surface area contributed by atoms with Crippen molar-refractivity contribution in [3.63, 3.8) is 0 Å². The van der Waals surface area contributed by atoms with Crippen molar-refractivity contribution in [1.29, 1.82) is 0 Å². The summed E-state index contributed by atoms with van der Waals surface area (Å²) in [7, 11) is 0. The van der Waals surface area contributed by atoms with E-state index in [4.69, 9.17) is 6.80 Å². The van der Waals surface area contributed by atoms with Crippen LogP contribution in [0.1, 0.15) is 5.56 Å². The van der Waals surface area contributed by atoms with E-state index < -0.39 is 18.5 Å². The number of benzene rings is 1. The minimum atomic E-state index is -2.25. The molecule has 0 aliphatic heterocycles. The van der Waals surface area contributed by atoms with Crippen LogP contribution in [0.4, 0.5) is 0 Å². The van der Waals surface area contributed by atoms with E-state index in [0.29, 0.717) is 0 Å². The van der Waals surface area contributed by atoms with Gasteiger partial charge in [0.1, 0.15) is 0 Å². The summed E-state index contributed by atoms with van der Waals surface area (Å²) in [4.78, 5) is 0. The van der Waals surface area contributed by atoms with Crippen LogP contribution in [0.3, 0.4) is 0 Å². The molecule has 54 valence electrons. The fourth-order valence-electron chi connectivity index (χ4n) is 0.470. The van der Waals surface area contributed by atoms with Gasteiger partial charge in [0.2, 0.25) is 0 Å². The molecule has 0 saturated heterocycles. The van der Waals surface area contributed by atoms with Crippen molar-refractivity contribution >= 4 is 0 Å². The Bertz CT molecular complexity index is 202. The molecule has 0 amide bonds. The molecule has 3 heteroatoms. The van der Waals surface area contributed by atoms with Crippen LogP contribution in [0.25, 0.3) is 0 Å². The van der Waals surface area contributed by atoms with Crippen LogP contribution in [0.2, 0.25) is 0 Å². The molecule has 0 bridgehead atoms. The molecule has 0 saturated carbocycles. The summed E-state index contributed by atoms with van der Waals surface area (Å²) in [6.45, 7) is 2.06. The molecule has 0 N–H and O–H groups in total. The van der Waals surface area contributed by atoms with Gasteiger partial charge in [-0.15, -0.1) is 0 Å². The van der Waals surface area contributed by atoms with E-state index in [2.05, 4.69) is 13.0 Å². The van der Waals surface area contributed by atoms with Crippen molar-refractivity contribution in [2.75, 3.05) is 0 Å². The van der Waals surface area contributed by atoms with Gasteiger partial charge in [-0.1, -0.05) is 6.92 Å². The molecule has 0 aliphatic carbocycles. The fourth-order valence-corrected chi connectivity index (χ4v) is 0.470. The van der Waals surface area contributed by atoms with E-state index in [1.807, 2.05) is 24.3 Å². The van der Waals surface area contributed by atoms with E-state index >= 15 is 0 Å². The Morgan fingerprint density at radius 2 is 1.70 bits per heavy atom. The molecule has 0 fully saturated rings. The normalized spacial score (nSPS) is 7.30. The van der Waals surface area contributed by atoms with Gasteiger partial charge in [0, 0.05) is 0 Å². The Balaban J connectivity index is 0.000000236.